The third kappa shape index (κ3) is 5.08. The molecule has 0 heterocycles. The lowest BCUT2D eigenvalue weighted by Gasteiger charge is -2.11. The number of benzene rings is 1. The molecule has 25 heavy (non-hydrogen) atoms. The fraction of sp³-hybridized carbons (Fsp3) is 0.308. The number of carbonyl (C=O) groups is 1. The highest BCUT2D eigenvalue weighted by molar-refractivity contribution is 7.90. The van der Waals surface area contributed by atoms with Gasteiger partial charge in [-0.15, -0.1) is 0 Å². The third-order valence-electron chi connectivity index (χ3n) is 2.80. The number of aliphatic hydroxyl groups is 1. The van der Waals surface area contributed by atoms with Crippen molar-refractivity contribution < 1.29 is 36.2 Å². The number of carbonyl (C=O) groups excluding carboxylic acids is 1. The number of diazo groups is 1. The smallest absolute Gasteiger partial charge is 0.475 e. The predicted octanol–water partition coefficient (Wildman–Crippen LogP) is 2.43. The Balaban J connectivity index is 3.19. The Kier molecular flexibility index (Phi) is 6.35. The maximum absolute atomic E-state index is 12.4. The van der Waals surface area contributed by atoms with Crippen LogP contribution in [0.15, 0.2) is 35.9 Å². The molecule has 0 unspecified atom stereocenters. The van der Waals surface area contributed by atoms with E-state index in [4.69, 9.17) is 10.1 Å². The molecule has 0 aliphatic heterocycles. The molecule has 0 bridgehead atoms. The van der Waals surface area contributed by atoms with Crippen LogP contribution in [0.25, 0.3) is 4.98 Å². The van der Waals surface area contributed by atoms with Crippen molar-refractivity contribution in [2.45, 2.75) is 18.9 Å². The van der Waals surface area contributed by atoms with Gasteiger partial charge in [-0.1, -0.05) is 18.2 Å². The number of hydrogen-bond acceptors (Lipinski definition) is 6. The summed E-state index contributed by atoms with van der Waals surface area (Å²) >= 11 is 0. The van der Waals surface area contributed by atoms with Gasteiger partial charge < -0.3 is 9.84 Å². The largest absolute Gasteiger partial charge is 0.516 e. The number of sulfonamides is 1. The van der Waals surface area contributed by atoms with Gasteiger partial charge in [0.15, 0.2) is 4.98 Å². The average Bonchev–Trinajstić information content (AvgIpc) is 2.51. The first-order valence-electron chi connectivity index (χ1n) is 6.64. The number of hydrogen-bond donors (Lipinski definition) is 2. The quantitative estimate of drug-likeness (QED) is 0.578. The number of alkyl halides is 3. The van der Waals surface area contributed by atoms with Crippen LogP contribution in [0.5, 0.6) is 0 Å². The van der Waals surface area contributed by atoms with Crippen LogP contribution in [-0.4, -0.2) is 31.5 Å². The van der Waals surface area contributed by atoms with E-state index in [1.807, 2.05) is 0 Å². The number of rotatable bonds is 6. The van der Waals surface area contributed by atoms with Crippen LogP contribution in [0.1, 0.15) is 22.8 Å². The van der Waals surface area contributed by atoms with Gasteiger partial charge in [-0.3, -0.25) is 4.79 Å². The van der Waals surface area contributed by atoms with E-state index in [9.17, 15) is 31.5 Å². The molecule has 0 fully saturated rings. The van der Waals surface area contributed by atoms with Crippen molar-refractivity contribution in [3.63, 3.8) is 0 Å². The predicted molar refractivity (Wildman–Crippen MR) is 79.0 cm³/mol. The van der Waals surface area contributed by atoms with Gasteiger partial charge in [0, 0.05) is 5.56 Å². The van der Waals surface area contributed by atoms with Crippen LogP contribution in [0.2, 0.25) is 0 Å². The molecule has 0 spiro atoms. The summed E-state index contributed by atoms with van der Waals surface area (Å²) in [6, 6.07) is 5.06. The Hall–Kier alpha value is -2.81. The van der Waals surface area contributed by atoms with Crippen LogP contribution in [0.4, 0.5) is 13.2 Å². The number of amides is 1. The van der Waals surface area contributed by atoms with Gasteiger partial charge in [0.25, 0.3) is 5.91 Å². The summed E-state index contributed by atoms with van der Waals surface area (Å²) in [5, 5.41) is 18.4. The van der Waals surface area contributed by atoms with E-state index in [1.54, 1.807) is 0 Å². The standard InChI is InChI=1S/C13H12F3N3O5S/c1-2-24-12(21)10(18-17)7-8-5-3-4-6-9(8)11(20)19-25(22,23)13(14,15)16/h3-6H,2,7H2,1H3,(H-,19,20,21)/p+1/b12-10+. The third-order valence-corrected chi connectivity index (χ3v) is 3.86. The molecule has 0 saturated heterocycles. The van der Waals surface area contributed by atoms with E-state index in [0.29, 0.717) is 0 Å². The van der Waals surface area contributed by atoms with Gasteiger partial charge in [0.1, 0.15) is 0 Å². The second-order valence-corrected chi connectivity index (χ2v) is 6.17. The molecule has 0 aliphatic rings. The topological polar surface area (TPSA) is 121 Å². The maximum Gasteiger partial charge on any atom is 0.516 e. The summed E-state index contributed by atoms with van der Waals surface area (Å²) < 4.78 is 64.8. The molecule has 1 amide bonds. The lowest BCUT2D eigenvalue weighted by Crippen LogP contribution is -2.40. The van der Waals surface area contributed by atoms with Crippen molar-refractivity contribution in [2.75, 3.05) is 6.61 Å². The molecule has 0 aliphatic carbocycles. The molecule has 2 N–H and O–H groups in total. The minimum Gasteiger partial charge on any atom is -0.475 e. The first kappa shape index (κ1) is 20.2. The lowest BCUT2D eigenvalue weighted by atomic mass is 10.0. The van der Waals surface area contributed by atoms with Gasteiger partial charge in [-0.25, -0.2) is 4.72 Å². The lowest BCUT2D eigenvalue weighted by molar-refractivity contribution is -0.0446. The van der Waals surface area contributed by atoms with E-state index >= 15 is 0 Å². The Morgan fingerprint density at radius 1 is 1.36 bits per heavy atom. The first-order chi connectivity index (χ1) is 11.5. The number of aliphatic hydroxyl groups excluding tert-OH is 1. The van der Waals surface area contributed by atoms with Gasteiger partial charge in [0.05, 0.1) is 13.0 Å². The number of halogens is 3. The zero-order valence-corrected chi connectivity index (χ0v) is 13.6. The molecule has 136 valence electrons. The number of ether oxygens (including phenoxy) is 1. The fourth-order valence-corrected chi connectivity index (χ4v) is 2.15. The maximum atomic E-state index is 12.4. The summed E-state index contributed by atoms with van der Waals surface area (Å²) in [4.78, 5) is 14.7. The zero-order chi connectivity index (χ0) is 19.3. The van der Waals surface area contributed by atoms with E-state index in [0.717, 1.165) is 10.8 Å². The van der Waals surface area contributed by atoms with Crippen LogP contribution < -0.4 is 4.72 Å². The molecule has 1 aromatic carbocycles. The molecule has 0 aromatic heterocycles. The monoisotopic (exact) mass is 380 g/mol. The SMILES string of the molecule is CCO/C(O)=C(\Cc1ccccc1C(=O)NS(=O)(=O)C(F)(F)F)[N+]#N. The Labute approximate surface area is 140 Å². The van der Waals surface area contributed by atoms with Gasteiger partial charge >= 0.3 is 27.2 Å². The first-order valence-corrected chi connectivity index (χ1v) is 8.13. The minimum absolute atomic E-state index is 0.00331. The van der Waals surface area contributed by atoms with Crippen LogP contribution in [0.3, 0.4) is 0 Å². The van der Waals surface area contributed by atoms with Crippen molar-refractivity contribution in [1.29, 1.82) is 5.39 Å². The highest BCUT2D eigenvalue weighted by atomic mass is 32.2. The van der Waals surface area contributed by atoms with E-state index in [1.165, 1.54) is 25.1 Å². The molecular weight excluding hydrogens is 367 g/mol. The fourth-order valence-electron chi connectivity index (χ4n) is 1.69. The van der Waals surface area contributed by atoms with Crippen LogP contribution in [-0.2, 0) is 21.2 Å². The highest BCUT2D eigenvalue weighted by Crippen LogP contribution is 2.23. The molecule has 12 heteroatoms. The van der Waals surface area contributed by atoms with Gasteiger partial charge in [-0.05, 0) is 18.6 Å². The van der Waals surface area contributed by atoms with E-state index in [2.05, 4.69) is 4.98 Å². The molecule has 0 radical (unpaired) electrons. The summed E-state index contributed by atoms with van der Waals surface area (Å²) in [5.41, 5.74) is -6.48. The zero-order valence-electron chi connectivity index (χ0n) is 12.7. The summed E-state index contributed by atoms with van der Waals surface area (Å²) in [6.07, 6.45) is -0.405. The molecule has 8 nitrogen and oxygen atoms in total. The van der Waals surface area contributed by atoms with Crippen molar-refractivity contribution in [3.8, 4) is 0 Å². The molecular formula is C13H13F3N3O5S+. The number of allylic oxidation sites excluding steroid dienone is 1. The van der Waals surface area contributed by atoms with Gasteiger partial charge in [-0.2, -0.15) is 21.6 Å². The normalized spacial score (nSPS) is 12.8. The van der Waals surface area contributed by atoms with Crippen molar-refractivity contribution in [2.24, 2.45) is 0 Å². The second-order valence-electron chi connectivity index (χ2n) is 4.50. The van der Waals surface area contributed by atoms with Crippen molar-refractivity contribution in [3.05, 3.63) is 52.0 Å². The number of nitrogens with zero attached hydrogens (tertiary/aromatic N) is 2. The van der Waals surface area contributed by atoms with E-state index in [-0.39, 0.29) is 12.2 Å². The summed E-state index contributed by atoms with van der Waals surface area (Å²) in [7, 11) is -5.88. The highest BCUT2D eigenvalue weighted by Gasteiger charge is 2.47. The second kappa shape index (κ2) is 7.84. The Bertz CT molecular complexity index is 828. The Morgan fingerprint density at radius 3 is 2.48 bits per heavy atom. The summed E-state index contributed by atoms with van der Waals surface area (Å²) in [5.74, 6) is -2.27. The molecule has 0 atom stereocenters. The van der Waals surface area contributed by atoms with Crippen LogP contribution >= 0.6 is 0 Å². The van der Waals surface area contributed by atoms with Gasteiger partial charge in [0.2, 0.25) is 5.39 Å². The average molecular weight is 380 g/mol. The van der Waals surface area contributed by atoms with E-state index < -0.39 is 45.1 Å². The van der Waals surface area contributed by atoms with Crippen molar-refractivity contribution >= 4 is 15.9 Å². The molecule has 0 saturated carbocycles. The van der Waals surface area contributed by atoms with Crippen LogP contribution in [0, 0.1) is 5.39 Å². The van der Waals surface area contributed by atoms with Crippen molar-refractivity contribution in [1.82, 2.24) is 4.72 Å². The molecule has 1 aromatic rings. The Morgan fingerprint density at radius 2 is 1.96 bits per heavy atom. The molecule has 1 rings (SSSR count). The summed E-state index contributed by atoms with van der Waals surface area (Å²) in [6.45, 7) is 1.57. The number of nitrogens with one attached hydrogen (secondary N) is 1. The minimum atomic E-state index is -5.88.